The van der Waals surface area contributed by atoms with Gasteiger partial charge in [0.25, 0.3) is 0 Å². The fraction of sp³-hybridized carbons (Fsp3) is 0.385. The summed E-state index contributed by atoms with van der Waals surface area (Å²) in [4.78, 5) is 16.2. The first-order valence-electron chi connectivity index (χ1n) is 6.43. The van der Waals surface area contributed by atoms with Gasteiger partial charge in [0.05, 0.1) is 28.9 Å². The number of amides is 1. The highest BCUT2D eigenvalue weighted by molar-refractivity contribution is 7.91. The van der Waals surface area contributed by atoms with E-state index in [0.29, 0.717) is 6.42 Å². The first kappa shape index (κ1) is 13.1. The molecule has 2 heterocycles. The molecule has 1 N–H and O–H groups in total. The number of benzene rings is 1. The van der Waals surface area contributed by atoms with Crippen LogP contribution in [0.25, 0.3) is 11.0 Å². The van der Waals surface area contributed by atoms with Crippen LogP contribution in [0.2, 0.25) is 0 Å². The Labute approximate surface area is 116 Å². The Morgan fingerprint density at radius 1 is 1.40 bits per heavy atom. The molecule has 0 unspecified atom stereocenters. The molecule has 3 rings (SSSR count). The number of hydrogen-bond acceptors (Lipinski definition) is 4. The van der Waals surface area contributed by atoms with Crippen molar-refractivity contribution in [1.29, 1.82) is 0 Å². The van der Waals surface area contributed by atoms with Crippen LogP contribution >= 0.6 is 0 Å². The second-order valence-corrected chi connectivity index (χ2v) is 7.26. The van der Waals surface area contributed by atoms with Crippen LogP contribution in [0.4, 0.5) is 0 Å². The normalized spacial score (nSPS) is 21.1. The van der Waals surface area contributed by atoms with E-state index in [9.17, 15) is 13.2 Å². The molecule has 1 aromatic carbocycles. The van der Waals surface area contributed by atoms with Crippen LogP contribution in [-0.2, 0) is 21.2 Å². The Balaban J connectivity index is 1.67. The molecule has 1 aromatic heterocycles. The van der Waals surface area contributed by atoms with Gasteiger partial charge >= 0.3 is 0 Å². The van der Waals surface area contributed by atoms with E-state index < -0.39 is 9.84 Å². The van der Waals surface area contributed by atoms with E-state index in [1.54, 1.807) is 10.9 Å². The first-order valence-corrected chi connectivity index (χ1v) is 8.25. The molecular formula is C13H15N3O3S. The van der Waals surface area contributed by atoms with E-state index in [1.165, 1.54) is 0 Å². The predicted octanol–water partition coefficient (Wildman–Crippen LogP) is 0.340. The van der Waals surface area contributed by atoms with Gasteiger partial charge in [0.1, 0.15) is 6.54 Å². The van der Waals surface area contributed by atoms with E-state index in [1.807, 2.05) is 24.3 Å². The Morgan fingerprint density at radius 2 is 2.20 bits per heavy atom. The highest BCUT2D eigenvalue weighted by Gasteiger charge is 2.28. The molecule has 20 heavy (non-hydrogen) atoms. The lowest BCUT2D eigenvalue weighted by Gasteiger charge is -2.11. The average molecular weight is 293 g/mol. The van der Waals surface area contributed by atoms with Gasteiger partial charge in [-0.1, -0.05) is 12.1 Å². The summed E-state index contributed by atoms with van der Waals surface area (Å²) in [6, 6.07) is 7.30. The third-order valence-electron chi connectivity index (χ3n) is 3.44. The van der Waals surface area contributed by atoms with Crippen LogP contribution in [-0.4, -0.2) is 41.4 Å². The van der Waals surface area contributed by atoms with Crippen molar-refractivity contribution in [2.75, 3.05) is 11.5 Å². The molecule has 7 heteroatoms. The largest absolute Gasteiger partial charge is 0.351 e. The molecule has 0 spiro atoms. The van der Waals surface area contributed by atoms with E-state index in [2.05, 4.69) is 10.3 Å². The molecule has 6 nitrogen and oxygen atoms in total. The third-order valence-corrected chi connectivity index (χ3v) is 5.21. The maximum absolute atomic E-state index is 12.0. The topological polar surface area (TPSA) is 81.1 Å². The van der Waals surface area contributed by atoms with Crippen LogP contribution < -0.4 is 5.32 Å². The Kier molecular flexibility index (Phi) is 3.21. The number of carbonyl (C=O) groups is 1. The quantitative estimate of drug-likeness (QED) is 0.885. The van der Waals surface area contributed by atoms with Gasteiger partial charge in [-0.25, -0.2) is 13.4 Å². The zero-order chi connectivity index (χ0) is 14.2. The molecule has 1 aliphatic heterocycles. The van der Waals surface area contributed by atoms with Crippen molar-refractivity contribution in [2.45, 2.75) is 19.0 Å². The van der Waals surface area contributed by atoms with E-state index in [-0.39, 0.29) is 30.0 Å². The minimum atomic E-state index is -2.97. The lowest BCUT2D eigenvalue weighted by atomic mass is 10.2. The number of hydrogen-bond donors (Lipinski definition) is 1. The number of nitrogens with zero attached hydrogens (tertiary/aromatic N) is 2. The van der Waals surface area contributed by atoms with Gasteiger partial charge in [-0.2, -0.15) is 0 Å². The highest BCUT2D eigenvalue weighted by atomic mass is 32.2. The number of para-hydroxylation sites is 2. The molecule has 0 aliphatic carbocycles. The van der Waals surface area contributed by atoms with E-state index >= 15 is 0 Å². The number of aromatic nitrogens is 2. The number of sulfone groups is 1. The molecule has 1 saturated heterocycles. The van der Waals surface area contributed by atoms with Crippen LogP contribution in [0.1, 0.15) is 6.42 Å². The van der Waals surface area contributed by atoms with Crippen LogP contribution in [0.5, 0.6) is 0 Å². The molecule has 0 bridgehead atoms. The van der Waals surface area contributed by atoms with E-state index in [4.69, 9.17) is 0 Å². The number of fused-ring (bicyclic) bond motifs is 1. The van der Waals surface area contributed by atoms with Gasteiger partial charge in [0, 0.05) is 6.04 Å². The summed E-state index contributed by atoms with van der Waals surface area (Å²) < 4.78 is 24.5. The number of rotatable bonds is 3. The lowest BCUT2D eigenvalue weighted by molar-refractivity contribution is -0.122. The zero-order valence-corrected chi connectivity index (χ0v) is 11.6. The maximum Gasteiger partial charge on any atom is 0.240 e. The smallest absolute Gasteiger partial charge is 0.240 e. The van der Waals surface area contributed by atoms with Crippen molar-refractivity contribution >= 4 is 26.8 Å². The minimum Gasteiger partial charge on any atom is -0.351 e. The molecule has 0 saturated carbocycles. The first-order chi connectivity index (χ1) is 9.53. The van der Waals surface area contributed by atoms with Crippen LogP contribution in [0, 0.1) is 0 Å². The summed E-state index contributed by atoms with van der Waals surface area (Å²) in [7, 11) is -2.97. The Hall–Kier alpha value is -1.89. The molecule has 2 aromatic rings. The van der Waals surface area contributed by atoms with Crippen LogP contribution in [0.15, 0.2) is 30.6 Å². The molecule has 1 aliphatic rings. The van der Waals surface area contributed by atoms with Crippen molar-refractivity contribution in [3.63, 3.8) is 0 Å². The van der Waals surface area contributed by atoms with E-state index in [0.717, 1.165) is 11.0 Å². The number of nitrogens with one attached hydrogen (secondary N) is 1. The Bertz CT molecular complexity index is 751. The van der Waals surface area contributed by atoms with Crippen molar-refractivity contribution in [3.05, 3.63) is 30.6 Å². The van der Waals surface area contributed by atoms with Gasteiger partial charge in [-0.3, -0.25) is 4.79 Å². The predicted molar refractivity (Wildman–Crippen MR) is 74.9 cm³/mol. The summed E-state index contributed by atoms with van der Waals surface area (Å²) in [5, 5.41) is 2.77. The number of imidazole rings is 1. The second kappa shape index (κ2) is 4.90. The fourth-order valence-electron chi connectivity index (χ4n) is 2.47. The van der Waals surface area contributed by atoms with Gasteiger partial charge in [-0.05, 0) is 18.6 Å². The molecule has 1 fully saturated rings. The van der Waals surface area contributed by atoms with Gasteiger partial charge in [0.2, 0.25) is 5.91 Å². The lowest BCUT2D eigenvalue weighted by Crippen LogP contribution is -2.37. The standard InChI is InChI=1S/C13H15N3O3S/c17-13(15-10-5-6-20(18,19)8-10)7-16-9-14-11-3-1-2-4-12(11)16/h1-4,9-10H,5-8H2,(H,15,17)/t10-/m0/s1. The number of carbonyl (C=O) groups excluding carboxylic acids is 1. The second-order valence-electron chi connectivity index (χ2n) is 5.03. The summed E-state index contributed by atoms with van der Waals surface area (Å²) in [6.45, 7) is 0.150. The van der Waals surface area contributed by atoms with Crippen LogP contribution in [0.3, 0.4) is 0 Å². The molecule has 0 radical (unpaired) electrons. The van der Waals surface area contributed by atoms with Gasteiger partial charge in [-0.15, -0.1) is 0 Å². The SMILES string of the molecule is O=C(Cn1cnc2ccccc21)N[C@H]1CCS(=O)(=O)C1. The van der Waals surface area contributed by atoms with Crippen molar-refractivity contribution < 1.29 is 13.2 Å². The van der Waals surface area contributed by atoms with Crippen molar-refractivity contribution in [2.24, 2.45) is 0 Å². The fourth-order valence-corrected chi connectivity index (χ4v) is 4.15. The van der Waals surface area contributed by atoms with Gasteiger partial charge in [0.15, 0.2) is 9.84 Å². The molecule has 1 amide bonds. The summed E-state index contributed by atoms with van der Waals surface area (Å²) in [5.41, 5.74) is 1.73. The summed E-state index contributed by atoms with van der Waals surface area (Å²) >= 11 is 0. The minimum absolute atomic E-state index is 0.0451. The van der Waals surface area contributed by atoms with Crippen molar-refractivity contribution in [1.82, 2.24) is 14.9 Å². The third kappa shape index (κ3) is 2.67. The molecule has 106 valence electrons. The maximum atomic E-state index is 12.0. The summed E-state index contributed by atoms with van der Waals surface area (Å²) in [6.07, 6.45) is 2.12. The monoisotopic (exact) mass is 293 g/mol. The Morgan fingerprint density at radius 3 is 2.95 bits per heavy atom. The molecular weight excluding hydrogens is 278 g/mol. The van der Waals surface area contributed by atoms with Gasteiger partial charge < -0.3 is 9.88 Å². The summed E-state index contributed by atoms with van der Waals surface area (Å²) in [5.74, 6) is 0.0188. The van der Waals surface area contributed by atoms with Crippen molar-refractivity contribution in [3.8, 4) is 0 Å². The zero-order valence-electron chi connectivity index (χ0n) is 10.8. The highest BCUT2D eigenvalue weighted by Crippen LogP contribution is 2.13. The molecule has 1 atom stereocenters. The average Bonchev–Trinajstić information content (AvgIpc) is 2.94.